The van der Waals surface area contributed by atoms with Crippen molar-refractivity contribution in [1.29, 1.82) is 0 Å². The summed E-state index contributed by atoms with van der Waals surface area (Å²) in [5.41, 5.74) is 2.26. The number of piperidine rings is 1. The van der Waals surface area contributed by atoms with E-state index in [1.54, 1.807) is 0 Å². The van der Waals surface area contributed by atoms with Crippen LogP contribution in [0.3, 0.4) is 0 Å². The number of hydrogen-bond acceptors (Lipinski definition) is 4. The van der Waals surface area contributed by atoms with E-state index < -0.39 is 0 Å². The predicted octanol–water partition coefficient (Wildman–Crippen LogP) is 3.23. The van der Waals surface area contributed by atoms with Gasteiger partial charge < -0.3 is 15.0 Å². The van der Waals surface area contributed by atoms with Crippen molar-refractivity contribution in [2.45, 2.75) is 19.4 Å². The van der Waals surface area contributed by atoms with Crippen LogP contribution < -0.4 is 5.32 Å². The van der Waals surface area contributed by atoms with Crippen LogP contribution >= 0.6 is 0 Å². The van der Waals surface area contributed by atoms with Crippen LogP contribution in [0.5, 0.6) is 0 Å². The molecule has 148 valence electrons. The fourth-order valence-electron chi connectivity index (χ4n) is 4.17. The Hall–Kier alpha value is -2.44. The van der Waals surface area contributed by atoms with Gasteiger partial charge in [0, 0.05) is 56.2 Å². The van der Waals surface area contributed by atoms with Gasteiger partial charge in [0.2, 0.25) is 0 Å². The molecule has 1 spiro atoms. The lowest BCUT2D eigenvalue weighted by Gasteiger charge is -2.42. The van der Waals surface area contributed by atoms with E-state index in [1.165, 1.54) is 5.56 Å². The van der Waals surface area contributed by atoms with Crippen molar-refractivity contribution in [2.24, 2.45) is 5.41 Å². The van der Waals surface area contributed by atoms with Crippen molar-refractivity contribution < 1.29 is 9.53 Å². The maximum Gasteiger partial charge on any atom is 0.321 e. The predicted molar refractivity (Wildman–Crippen MR) is 109 cm³/mol. The average molecular weight is 380 g/mol. The van der Waals surface area contributed by atoms with Gasteiger partial charge in [0.1, 0.15) is 0 Å². The summed E-state index contributed by atoms with van der Waals surface area (Å²) in [5.74, 6) is 0. The Labute approximate surface area is 166 Å². The third-order valence-electron chi connectivity index (χ3n) is 5.81. The molecule has 2 amide bonds. The molecule has 1 aromatic heterocycles. The topological polar surface area (TPSA) is 57.7 Å². The number of rotatable bonds is 3. The number of urea groups is 1. The number of benzene rings is 1. The summed E-state index contributed by atoms with van der Waals surface area (Å²) >= 11 is 0. The number of aromatic nitrogens is 1. The summed E-state index contributed by atoms with van der Waals surface area (Å²) in [7, 11) is 0. The van der Waals surface area contributed by atoms with Gasteiger partial charge >= 0.3 is 6.03 Å². The quantitative estimate of drug-likeness (QED) is 0.888. The van der Waals surface area contributed by atoms with Crippen LogP contribution in [0.2, 0.25) is 0 Å². The van der Waals surface area contributed by atoms with Gasteiger partial charge in [-0.2, -0.15) is 0 Å². The van der Waals surface area contributed by atoms with Gasteiger partial charge in [-0.05, 0) is 42.7 Å². The lowest BCUT2D eigenvalue weighted by atomic mass is 9.78. The number of nitrogens with zero attached hydrogens (tertiary/aromatic N) is 3. The summed E-state index contributed by atoms with van der Waals surface area (Å²) in [5, 5.41) is 3.00. The molecule has 0 saturated carbocycles. The minimum Gasteiger partial charge on any atom is -0.379 e. The van der Waals surface area contributed by atoms with Gasteiger partial charge in [-0.1, -0.05) is 18.2 Å². The SMILES string of the molecule is O=C(Nc1ccccc1)N1CCC2(CC1)COCCN(Cc1ccncc1)C2. The van der Waals surface area contributed by atoms with E-state index in [0.717, 1.165) is 64.5 Å². The largest absolute Gasteiger partial charge is 0.379 e. The minimum atomic E-state index is -0.00997. The second kappa shape index (κ2) is 8.71. The number of hydrogen-bond donors (Lipinski definition) is 1. The minimum absolute atomic E-state index is 0.00997. The molecule has 28 heavy (non-hydrogen) atoms. The molecule has 1 aromatic carbocycles. The highest BCUT2D eigenvalue weighted by atomic mass is 16.5. The number of carbonyl (C=O) groups is 1. The summed E-state index contributed by atoms with van der Waals surface area (Å²) < 4.78 is 5.97. The van der Waals surface area contributed by atoms with Crippen molar-refractivity contribution in [3.8, 4) is 0 Å². The van der Waals surface area contributed by atoms with E-state index in [2.05, 4.69) is 27.3 Å². The first-order valence-electron chi connectivity index (χ1n) is 10.0. The number of carbonyl (C=O) groups excluding carboxylic acids is 1. The Morgan fingerprint density at radius 3 is 2.57 bits per heavy atom. The van der Waals surface area contributed by atoms with E-state index in [1.807, 2.05) is 47.6 Å². The molecule has 0 unspecified atom stereocenters. The second-order valence-corrected chi connectivity index (χ2v) is 7.90. The number of likely N-dealkylation sites (tertiary alicyclic amines) is 1. The first-order valence-corrected chi connectivity index (χ1v) is 10.0. The summed E-state index contributed by atoms with van der Waals surface area (Å²) in [6.07, 6.45) is 5.65. The molecule has 2 aromatic rings. The number of para-hydroxylation sites is 1. The Balaban J connectivity index is 1.34. The van der Waals surface area contributed by atoms with Crippen molar-refractivity contribution in [1.82, 2.24) is 14.8 Å². The van der Waals surface area contributed by atoms with E-state index >= 15 is 0 Å². The molecule has 2 aliphatic heterocycles. The number of amides is 2. The summed E-state index contributed by atoms with van der Waals surface area (Å²) in [6, 6.07) is 13.8. The highest BCUT2D eigenvalue weighted by Gasteiger charge is 2.39. The first-order chi connectivity index (χ1) is 13.7. The van der Waals surface area contributed by atoms with Crippen molar-refractivity contribution in [2.75, 3.05) is 44.7 Å². The lowest BCUT2D eigenvalue weighted by molar-refractivity contribution is 0.0242. The van der Waals surface area contributed by atoms with Crippen molar-refractivity contribution >= 4 is 11.7 Å². The molecule has 0 bridgehead atoms. The molecule has 3 heterocycles. The Kier molecular flexibility index (Phi) is 5.88. The average Bonchev–Trinajstić information content (AvgIpc) is 2.92. The molecule has 2 saturated heterocycles. The molecule has 6 nitrogen and oxygen atoms in total. The highest BCUT2D eigenvalue weighted by Crippen LogP contribution is 2.35. The maximum atomic E-state index is 12.6. The molecule has 2 fully saturated rings. The van der Waals surface area contributed by atoms with Crippen LogP contribution in [0.1, 0.15) is 18.4 Å². The van der Waals surface area contributed by atoms with E-state index in [9.17, 15) is 4.79 Å². The van der Waals surface area contributed by atoms with Gasteiger partial charge in [-0.25, -0.2) is 4.79 Å². The molecule has 4 rings (SSSR count). The van der Waals surface area contributed by atoms with Gasteiger partial charge in [-0.3, -0.25) is 9.88 Å². The number of pyridine rings is 1. The zero-order valence-corrected chi connectivity index (χ0v) is 16.2. The fraction of sp³-hybridized carbons (Fsp3) is 0.455. The third-order valence-corrected chi connectivity index (χ3v) is 5.81. The monoisotopic (exact) mass is 380 g/mol. The maximum absolute atomic E-state index is 12.6. The van der Waals surface area contributed by atoms with Crippen LogP contribution in [0.4, 0.5) is 10.5 Å². The van der Waals surface area contributed by atoms with Crippen LogP contribution in [-0.2, 0) is 11.3 Å². The van der Waals surface area contributed by atoms with E-state index in [4.69, 9.17) is 4.74 Å². The van der Waals surface area contributed by atoms with Gasteiger partial charge in [0.05, 0.1) is 13.2 Å². The molecular formula is C22H28N4O2. The molecule has 0 aliphatic carbocycles. The number of nitrogens with one attached hydrogen (secondary N) is 1. The Bertz CT molecular complexity index is 761. The van der Waals surface area contributed by atoms with Crippen LogP contribution in [0, 0.1) is 5.41 Å². The first kappa shape index (κ1) is 18.9. The second-order valence-electron chi connectivity index (χ2n) is 7.90. The molecule has 0 atom stereocenters. The summed E-state index contributed by atoms with van der Waals surface area (Å²) in [6.45, 7) is 5.98. The fourth-order valence-corrected chi connectivity index (χ4v) is 4.17. The smallest absolute Gasteiger partial charge is 0.321 e. The van der Waals surface area contributed by atoms with Crippen molar-refractivity contribution in [3.63, 3.8) is 0 Å². The molecule has 1 N–H and O–H groups in total. The zero-order valence-electron chi connectivity index (χ0n) is 16.2. The van der Waals surface area contributed by atoms with Crippen LogP contribution in [-0.4, -0.2) is 60.2 Å². The third kappa shape index (κ3) is 4.69. The van der Waals surface area contributed by atoms with Gasteiger partial charge in [0.15, 0.2) is 0 Å². The molecule has 0 radical (unpaired) electrons. The number of ether oxygens (including phenoxy) is 1. The van der Waals surface area contributed by atoms with Gasteiger partial charge in [0.25, 0.3) is 0 Å². The van der Waals surface area contributed by atoms with Crippen LogP contribution in [0.25, 0.3) is 0 Å². The van der Waals surface area contributed by atoms with E-state index in [-0.39, 0.29) is 11.4 Å². The highest BCUT2D eigenvalue weighted by molar-refractivity contribution is 5.89. The van der Waals surface area contributed by atoms with E-state index in [0.29, 0.717) is 0 Å². The van der Waals surface area contributed by atoms with Gasteiger partial charge in [-0.15, -0.1) is 0 Å². The summed E-state index contributed by atoms with van der Waals surface area (Å²) in [4.78, 5) is 21.1. The number of anilines is 1. The lowest BCUT2D eigenvalue weighted by Crippen LogP contribution is -2.49. The Morgan fingerprint density at radius 2 is 1.82 bits per heavy atom. The molecule has 2 aliphatic rings. The normalized spacial score (nSPS) is 19.9. The molecule has 6 heteroatoms. The van der Waals surface area contributed by atoms with Crippen LogP contribution in [0.15, 0.2) is 54.9 Å². The van der Waals surface area contributed by atoms with Crippen molar-refractivity contribution in [3.05, 3.63) is 60.4 Å². The molecular weight excluding hydrogens is 352 g/mol. The standard InChI is InChI=1S/C22H28N4O2/c27-21(24-20-4-2-1-3-5-20)26-12-8-22(9-13-26)17-25(14-15-28-18-22)16-19-6-10-23-11-7-19/h1-7,10-11H,8-9,12-18H2,(H,24,27). The zero-order chi connectivity index (χ0) is 19.2. The Morgan fingerprint density at radius 1 is 1.07 bits per heavy atom.